The summed E-state index contributed by atoms with van der Waals surface area (Å²) in [5.74, 6) is 1.04. The maximum absolute atomic E-state index is 12.3. The van der Waals surface area contributed by atoms with Crippen molar-refractivity contribution in [1.82, 2.24) is 15.2 Å². The van der Waals surface area contributed by atoms with E-state index in [2.05, 4.69) is 20.5 Å². The van der Waals surface area contributed by atoms with Gasteiger partial charge in [0.05, 0.1) is 10.7 Å². The topological polar surface area (TPSA) is 80.9 Å². The molecule has 1 N–H and O–H groups in total. The first-order chi connectivity index (χ1) is 14.1. The van der Waals surface area contributed by atoms with Gasteiger partial charge >= 0.3 is 0 Å². The number of nitrogens with one attached hydrogen (secondary N) is 1. The second-order valence-electron chi connectivity index (χ2n) is 6.33. The molecule has 0 bridgehead atoms. The number of hydrogen-bond acceptors (Lipinski definition) is 7. The zero-order valence-electron chi connectivity index (χ0n) is 15.9. The largest absolute Gasteiger partial charge is 0.410 e. The van der Waals surface area contributed by atoms with Gasteiger partial charge < -0.3 is 9.73 Å². The molecule has 0 saturated heterocycles. The third-order valence-corrected chi connectivity index (χ3v) is 6.06. The predicted molar refractivity (Wildman–Crippen MR) is 115 cm³/mol. The molecule has 1 amide bonds. The predicted octanol–water partition coefficient (Wildman–Crippen LogP) is 5.35. The van der Waals surface area contributed by atoms with E-state index in [9.17, 15) is 4.79 Å². The first-order valence-electron chi connectivity index (χ1n) is 8.94. The van der Waals surface area contributed by atoms with E-state index in [0.717, 1.165) is 26.8 Å². The lowest BCUT2D eigenvalue weighted by Crippen LogP contribution is -2.11. The van der Waals surface area contributed by atoms with Crippen LogP contribution < -0.4 is 5.32 Å². The van der Waals surface area contributed by atoms with Crippen LogP contribution in [0.15, 0.2) is 64.2 Å². The van der Waals surface area contributed by atoms with Gasteiger partial charge in [0.2, 0.25) is 0 Å². The lowest BCUT2D eigenvalue weighted by Gasteiger charge is -2.05. The summed E-state index contributed by atoms with van der Waals surface area (Å²) in [6, 6.07) is 16.9. The number of carbonyl (C=O) groups excluding carboxylic acids is 1. The van der Waals surface area contributed by atoms with E-state index in [4.69, 9.17) is 4.42 Å². The Morgan fingerprint density at radius 1 is 1.07 bits per heavy atom. The van der Waals surface area contributed by atoms with Crippen LogP contribution in [0.25, 0.3) is 10.8 Å². The molecule has 0 aliphatic carbocycles. The number of para-hydroxylation sites is 1. The van der Waals surface area contributed by atoms with Crippen LogP contribution >= 0.6 is 23.1 Å². The van der Waals surface area contributed by atoms with Crippen LogP contribution in [0.4, 0.5) is 5.69 Å². The number of anilines is 1. The summed E-state index contributed by atoms with van der Waals surface area (Å²) in [5.41, 5.74) is 3.35. The molecule has 2 heterocycles. The summed E-state index contributed by atoms with van der Waals surface area (Å²) in [5, 5.41) is 12.6. The molecule has 2 aromatic carbocycles. The number of aromatic nitrogens is 3. The lowest BCUT2D eigenvalue weighted by atomic mass is 10.1. The first kappa shape index (κ1) is 19.4. The van der Waals surface area contributed by atoms with Gasteiger partial charge in [0, 0.05) is 17.0 Å². The van der Waals surface area contributed by atoms with Gasteiger partial charge in [-0.15, -0.1) is 21.5 Å². The van der Waals surface area contributed by atoms with Crippen molar-refractivity contribution >= 4 is 34.7 Å². The SMILES string of the molecule is Cc1nc(C)c(-c2nnc(SCc3ccc(C(=O)Nc4ccccc4)cc3)o2)s1. The monoisotopic (exact) mass is 422 g/mol. The molecule has 0 unspecified atom stereocenters. The van der Waals surface area contributed by atoms with Crippen molar-refractivity contribution in [1.29, 1.82) is 0 Å². The number of thioether (sulfide) groups is 1. The lowest BCUT2D eigenvalue weighted by molar-refractivity contribution is 0.102. The minimum atomic E-state index is -0.132. The molecule has 0 aliphatic heterocycles. The van der Waals surface area contributed by atoms with Crippen molar-refractivity contribution in [3.8, 4) is 10.8 Å². The fourth-order valence-corrected chi connectivity index (χ4v) is 4.27. The van der Waals surface area contributed by atoms with Crippen molar-refractivity contribution in [2.75, 3.05) is 5.32 Å². The first-order valence-corrected chi connectivity index (χ1v) is 10.7. The van der Waals surface area contributed by atoms with Gasteiger partial charge in [0.1, 0.15) is 4.88 Å². The maximum atomic E-state index is 12.3. The maximum Gasteiger partial charge on any atom is 0.277 e. The Hall–Kier alpha value is -2.97. The van der Waals surface area contributed by atoms with Gasteiger partial charge in [-0.2, -0.15) is 0 Å². The van der Waals surface area contributed by atoms with E-state index < -0.39 is 0 Å². The number of benzene rings is 2. The minimum Gasteiger partial charge on any atom is -0.410 e. The Balaban J connectivity index is 1.36. The highest BCUT2D eigenvalue weighted by Crippen LogP contribution is 2.31. The molecule has 0 radical (unpaired) electrons. The van der Waals surface area contributed by atoms with Crippen LogP contribution in [0.1, 0.15) is 26.6 Å². The molecule has 0 atom stereocenters. The molecular weight excluding hydrogens is 404 g/mol. The zero-order valence-corrected chi connectivity index (χ0v) is 17.5. The number of carbonyl (C=O) groups is 1. The van der Waals surface area contributed by atoms with Gasteiger partial charge in [0.15, 0.2) is 0 Å². The van der Waals surface area contributed by atoms with E-state index in [1.54, 1.807) is 11.3 Å². The average molecular weight is 423 g/mol. The molecule has 146 valence electrons. The average Bonchev–Trinajstić information content (AvgIpc) is 3.33. The third-order valence-electron chi connectivity index (χ3n) is 4.11. The van der Waals surface area contributed by atoms with E-state index >= 15 is 0 Å². The Labute approximate surface area is 176 Å². The fourth-order valence-electron chi connectivity index (χ4n) is 2.71. The Morgan fingerprint density at radius 2 is 1.83 bits per heavy atom. The summed E-state index contributed by atoms with van der Waals surface area (Å²) in [7, 11) is 0. The van der Waals surface area contributed by atoms with E-state index in [0.29, 0.717) is 22.4 Å². The van der Waals surface area contributed by atoms with E-state index in [1.165, 1.54) is 11.8 Å². The Morgan fingerprint density at radius 3 is 2.52 bits per heavy atom. The minimum absolute atomic E-state index is 0.132. The van der Waals surface area contributed by atoms with Crippen molar-refractivity contribution in [3.63, 3.8) is 0 Å². The van der Waals surface area contributed by atoms with Gasteiger partial charge in [0.25, 0.3) is 17.0 Å². The third kappa shape index (κ3) is 4.72. The van der Waals surface area contributed by atoms with Gasteiger partial charge in [-0.3, -0.25) is 4.79 Å². The second kappa shape index (κ2) is 8.59. The summed E-state index contributed by atoms with van der Waals surface area (Å²) < 4.78 is 5.76. The number of thiazole rings is 1. The second-order valence-corrected chi connectivity index (χ2v) is 8.46. The molecular formula is C21H18N4O2S2. The molecule has 2 aromatic heterocycles. The molecule has 29 heavy (non-hydrogen) atoms. The summed E-state index contributed by atoms with van der Waals surface area (Å²) in [4.78, 5) is 17.6. The van der Waals surface area contributed by atoms with E-state index in [-0.39, 0.29) is 5.91 Å². The Kier molecular flexibility index (Phi) is 5.73. The van der Waals surface area contributed by atoms with Crippen LogP contribution in [0.5, 0.6) is 0 Å². The highest BCUT2D eigenvalue weighted by Gasteiger charge is 2.15. The van der Waals surface area contributed by atoms with Crippen molar-refractivity contribution in [2.45, 2.75) is 24.8 Å². The van der Waals surface area contributed by atoms with Crippen molar-refractivity contribution < 1.29 is 9.21 Å². The standard InChI is InChI=1S/C21H18N4O2S2/c1-13-18(29-14(2)22-13)20-24-25-21(27-20)28-12-15-8-10-16(11-9-15)19(26)23-17-6-4-3-5-7-17/h3-11H,12H2,1-2H3,(H,23,26). The normalized spacial score (nSPS) is 10.8. The summed E-state index contributed by atoms with van der Waals surface area (Å²) in [6.07, 6.45) is 0. The molecule has 0 aliphatic rings. The molecule has 6 nitrogen and oxygen atoms in total. The van der Waals surface area contributed by atoms with Gasteiger partial charge in [-0.05, 0) is 43.7 Å². The van der Waals surface area contributed by atoms with Crippen molar-refractivity contribution in [2.24, 2.45) is 0 Å². The molecule has 4 aromatic rings. The fraction of sp³-hybridized carbons (Fsp3) is 0.143. The Bertz CT molecular complexity index is 1120. The highest BCUT2D eigenvalue weighted by atomic mass is 32.2. The summed E-state index contributed by atoms with van der Waals surface area (Å²) >= 11 is 3.01. The van der Waals surface area contributed by atoms with Crippen molar-refractivity contribution in [3.05, 3.63) is 76.4 Å². The number of hydrogen-bond donors (Lipinski definition) is 1. The molecule has 4 rings (SSSR count). The molecule has 8 heteroatoms. The van der Waals surface area contributed by atoms with Gasteiger partial charge in [-0.25, -0.2) is 4.98 Å². The van der Waals surface area contributed by atoms with Crippen LogP contribution in [0.2, 0.25) is 0 Å². The molecule has 0 spiro atoms. The van der Waals surface area contributed by atoms with Crippen LogP contribution in [-0.4, -0.2) is 21.1 Å². The van der Waals surface area contributed by atoms with Crippen LogP contribution in [-0.2, 0) is 5.75 Å². The van der Waals surface area contributed by atoms with Crippen LogP contribution in [0.3, 0.4) is 0 Å². The number of rotatable bonds is 6. The smallest absolute Gasteiger partial charge is 0.277 e. The molecule has 0 saturated carbocycles. The highest BCUT2D eigenvalue weighted by molar-refractivity contribution is 7.98. The quantitative estimate of drug-likeness (QED) is 0.422. The zero-order chi connectivity index (χ0) is 20.2. The van der Waals surface area contributed by atoms with Gasteiger partial charge in [-0.1, -0.05) is 42.1 Å². The van der Waals surface area contributed by atoms with E-state index in [1.807, 2.05) is 68.4 Å². The number of nitrogens with zero attached hydrogens (tertiary/aromatic N) is 3. The molecule has 0 fully saturated rings. The summed E-state index contributed by atoms with van der Waals surface area (Å²) in [6.45, 7) is 3.89. The number of amides is 1. The van der Waals surface area contributed by atoms with Crippen LogP contribution in [0, 0.1) is 13.8 Å². The number of aryl methyl sites for hydroxylation is 2.